The lowest BCUT2D eigenvalue weighted by Gasteiger charge is -2.31. The van der Waals surface area contributed by atoms with Crippen molar-refractivity contribution in [1.82, 2.24) is 5.32 Å². The number of hydrogen-bond acceptors (Lipinski definition) is 1. The minimum absolute atomic E-state index is 0.0878. The van der Waals surface area contributed by atoms with Crippen LogP contribution in [0, 0.1) is 0 Å². The second kappa shape index (κ2) is 7.17. The molecular weight excluding hydrogens is 234 g/mol. The van der Waals surface area contributed by atoms with Crippen LogP contribution >= 0.6 is 0 Å². The molecular formula is C16H27N3. The molecule has 0 aliphatic rings. The summed E-state index contributed by atoms with van der Waals surface area (Å²) in [6.45, 7) is 9.30. The van der Waals surface area contributed by atoms with E-state index in [1.807, 2.05) is 0 Å². The Kier molecular flexibility index (Phi) is 5.87. The second-order valence-corrected chi connectivity index (χ2v) is 5.35. The molecule has 0 bridgehead atoms. The number of hydrogen-bond donors (Lipinski definition) is 2. The molecule has 0 spiro atoms. The van der Waals surface area contributed by atoms with Crippen molar-refractivity contribution in [3.8, 4) is 0 Å². The first-order valence-electron chi connectivity index (χ1n) is 7.16. The molecule has 0 atom stereocenters. The zero-order valence-electron chi connectivity index (χ0n) is 12.6. The van der Waals surface area contributed by atoms with Crippen molar-refractivity contribution >= 4 is 5.96 Å². The third kappa shape index (κ3) is 4.27. The maximum Gasteiger partial charge on any atom is 0.188 e. The Morgan fingerprint density at radius 3 is 2.26 bits per heavy atom. The van der Waals surface area contributed by atoms with E-state index in [1.165, 1.54) is 5.56 Å². The van der Waals surface area contributed by atoms with E-state index in [1.54, 1.807) is 0 Å². The summed E-state index contributed by atoms with van der Waals surface area (Å²) in [5.74, 6) is 0.539. The zero-order chi connectivity index (χ0) is 14.3. The number of nitrogens with one attached hydrogen (secondary N) is 1. The van der Waals surface area contributed by atoms with Gasteiger partial charge < -0.3 is 11.1 Å². The van der Waals surface area contributed by atoms with E-state index in [2.05, 4.69) is 68.3 Å². The fraction of sp³-hybridized carbons (Fsp3) is 0.562. The lowest BCUT2D eigenvalue weighted by molar-refractivity contribution is 0.407. The van der Waals surface area contributed by atoms with Crippen LogP contribution in [-0.2, 0) is 5.41 Å². The van der Waals surface area contributed by atoms with Gasteiger partial charge in [-0.05, 0) is 32.3 Å². The molecule has 106 valence electrons. The predicted molar refractivity (Wildman–Crippen MR) is 83.5 cm³/mol. The Hall–Kier alpha value is -1.51. The standard InChI is InChI=1S/C16H27N3/c1-5-16(6-2,14-10-8-7-9-11-14)12-18-15(17)19-13(3)4/h7-11,13H,5-6,12H2,1-4H3,(H3,17,18,19). The molecule has 19 heavy (non-hydrogen) atoms. The monoisotopic (exact) mass is 261 g/mol. The first-order valence-corrected chi connectivity index (χ1v) is 7.16. The van der Waals surface area contributed by atoms with Gasteiger partial charge in [-0.15, -0.1) is 0 Å². The molecule has 0 fully saturated rings. The normalized spacial score (nSPS) is 12.8. The Labute approximate surface area is 117 Å². The van der Waals surface area contributed by atoms with E-state index in [0.29, 0.717) is 12.0 Å². The van der Waals surface area contributed by atoms with Gasteiger partial charge in [0.2, 0.25) is 0 Å². The van der Waals surface area contributed by atoms with Gasteiger partial charge in [0.1, 0.15) is 0 Å². The molecule has 0 radical (unpaired) electrons. The molecule has 0 unspecified atom stereocenters. The second-order valence-electron chi connectivity index (χ2n) is 5.35. The molecule has 1 aromatic carbocycles. The minimum Gasteiger partial charge on any atom is -0.370 e. The molecule has 3 nitrogen and oxygen atoms in total. The number of nitrogens with two attached hydrogens (primary N) is 1. The van der Waals surface area contributed by atoms with E-state index in [9.17, 15) is 0 Å². The van der Waals surface area contributed by atoms with Crippen LogP contribution in [0.3, 0.4) is 0 Å². The summed E-state index contributed by atoms with van der Waals surface area (Å²) in [7, 11) is 0. The van der Waals surface area contributed by atoms with Crippen LogP contribution in [0.15, 0.2) is 35.3 Å². The van der Waals surface area contributed by atoms with Gasteiger partial charge in [-0.2, -0.15) is 0 Å². The van der Waals surface area contributed by atoms with Crippen LogP contribution in [-0.4, -0.2) is 18.5 Å². The van der Waals surface area contributed by atoms with Gasteiger partial charge in [-0.1, -0.05) is 44.2 Å². The minimum atomic E-state index is 0.0878. The van der Waals surface area contributed by atoms with Crippen molar-refractivity contribution in [2.45, 2.75) is 52.0 Å². The highest BCUT2D eigenvalue weighted by Crippen LogP contribution is 2.31. The first kappa shape index (κ1) is 15.5. The smallest absolute Gasteiger partial charge is 0.188 e. The number of rotatable bonds is 6. The average Bonchev–Trinajstić information content (AvgIpc) is 2.41. The van der Waals surface area contributed by atoms with Crippen LogP contribution in [0.2, 0.25) is 0 Å². The summed E-state index contributed by atoms with van der Waals surface area (Å²) in [6, 6.07) is 10.9. The van der Waals surface area contributed by atoms with Gasteiger partial charge in [0.25, 0.3) is 0 Å². The van der Waals surface area contributed by atoms with Crippen LogP contribution in [0.5, 0.6) is 0 Å². The van der Waals surface area contributed by atoms with Crippen LogP contribution in [0.1, 0.15) is 46.1 Å². The van der Waals surface area contributed by atoms with E-state index >= 15 is 0 Å². The fourth-order valence-corrected chi connectivity index (χ4v) is 2.34. The molecule has 3 heteroatoms. The summed E-state index contributed by atoms with van der Waals surface area (Å²) < 4.78 is 0. The van der Waals surface area contributed by atoms with Gasteiger partial charge >= 0.3 is 0 Å². The van der Waals surface area contributed by atoms with Crippen LogP contribution < -0.4 is 11.1 Å². The molecule has 0 aliphatic carbocycles. The van der Waals surface area contributed by atoms with Crippen molar-refractivity contribution in [2.75, 3.05) is 6.54 Å². The van der Waals surface area contributed by atoms with E-state index in [4.69, 9.17) is 5.73 Å². The highest BCUT2D eigenvalue weighted by Gasteiger charge is 2.27. The molecule has 0 heterocycles. The van der Waals surface area contributed by atoms with Gasteiger partial charge in [-0.3, -0.25) is 4.99 Å². The Bertz CT molecular complexity index is 392. The van der Waals surface area contributed by atoms with Gasteiger partial charge in [-0.25, -0.2) is 0 Å². The Balaban J connectivity index is 2.89. The third-order valence-corrected chi connectivity index (χ3v) is 3.73. The first-order chi connectivity index (χ1) is 9.04. The topological polar surface area (TPSA) is 50.4 Å². The summed E-state index contributed by atoms with van der Waals surface area (Å²) in [6.07, 6.45) is 2.12. The predicted octanol–water partition coefficient (Wildman–Crippen LogP) is 3.06. The zero-order valence-corrected chi connectivity index (χ0v) is 12.6. The lowest BCUT2D eigenvalue weighted by atomic mass is 9.76. The Morgan fingerprint density at radius 1 is 1.21 bits per heavy atom. The van der Waals surface area contributed by atoms with E-state index in [-0.39, 0.29) is 5.41 Å². The molecule has 0 aliphatic heterocycles. The summed E-state index contributed by atoms with van der Waals surface area (Å²) in [4.78, 5) is 4.54. The molecule has 1 rings (SSSR count). The van der Waals surface area contributed by atoms with Crippen molar-refractivity contribution in [3.05, 3.63) is 35.9 Å². The average molecular weight is 261 g/mol. The van der Waals surface area contributed by atoms with Gasteiger partial charge in [0, 0.05) is 11.5 Å². The molecule has 0 amide bonds. The Morgan fingerprint density at radius 2 is 1.79 bits per heavy atom. The quantitative estimate of drug-likeness (QED) is 0.611. The molecule has 0 aromatic heterocycles. The largest absolute Gasteiger partial charge is 0.370 e. The summed E-state index contributed by atoms with van der Waals surface area (Å²) in [5.41, 5.74) is 7.34. The van der Waals surface area contributed by atoms with Crippen molar-refractivity contribution in [2.24, 2.45) is 10.7 Å². The SMILES string of the molecule is CCC(CC)(CN=C(N)NC(C)C)c1ccccc1. The van der Waals surface area contributed by atoms with Crippen LogP contribution in [0.25, 0.3) is 0 Å². The van der Waals surface area contributed by atoms with Crippen molar-refractivity contribution in [1.29, 1.82) is 0 Å². The third-order valence-electron chi connectivity index (χ3n) is 3.73. The number of benzene rings is 1. The number of nitrogens with zero attached hydrogens (tertiary/aromatic N) is 1. The van der Waals surface area contributed by atoms with E-state index in [0.717, 1.165) is 19.4 Å². The lowest BCUT2D eigenvalue weighted by Crippen LogP contribution is -2.38. The van der Waals surface area contributed by atoms with Gasteiger partial charge in [0.15, 0.2) is 5.96 Å². The van der Waals surface area contributed by atoms with Gasteiger partial charge in [0.05, 0.1) is 6.54 Å². The maximum atomic E-state index is 5.91. The van der Waals surface area contributed by atoms with Crippen LogP contribution in [0.4, 0.5) is 0 Å². The summed E-state index contributed by atoms with van der Waals surface area (Å²) in [5, 5.41) is 3.14. The highest BCUT2D eigenvalue weighted by atomic mass is 15.1. The number of aliphatic imine (C=N–C) groups is 1. The van der Waals surface area contributed by atoms with Crippen molar-refractivity contribution in [3.63, 3.8) is 0 Å². The van der Waals surface area contributed by atoms with Crippen molar-refractivity contribution < 1.29 is 0 Å². The van der Waals surface area contributed by atoms with E-state index < -0.39 is 0 Å². The molecule has 1 aromatic rings. The number of guanidine groups is 1. The maximum absolute atomic E-state index is 5.91. The summed E-state index contributed by atoms with van der Waals surface area (Å²) >= 11 is 0. The molecule has 3 N–H and O–H groups in total. The fourth-order valence-electron chi connectivity index (χ4n) is 2.34. The molecule has 0 saturated carbocycles. The molecule has 0 saturated heterocycles. The highest BCUT2D eigenvalue weighted by molar-refractivity contribution is 5.78.